The maximum Gasteiger partial charge on any atom is 0.337 e. The molecule has 1 aliphatic rings. The summed E-state index contributed by atoms with van der Waals surface area (Å²) in [4.78, 5) is 25.4. The van der Waals surface area contributed by atoms with Crippen LogP contribution in [-0.2, 0) is 26.3 Å². The minimum absolute atomic E-state index is 0.0624. The first-order valence-electron chi connectivity index (χ1n) is 10.4. The van der Waals surface area contributed by atoms with Gasteiger partial charge >= 0.3 is 16.2 Å². The number of carbonyl (C=O) groups is 2. The molecule has 1 amide bonds. The lowest BCUT2D eigenvalue weighted by Gasteiger charge is -2.44. The van der Waals surface area contributed by atoms with E-state index in [2.05, 4.69) is 0 Å². The molecule has 32 heavy (non-hydrogen) atoms. The van der Waals surface area contributed by atoms with Gasteiger partial charge in [-0.25, -0.2) is 4.79 Å². The third kappa shape index (κ3) is 4.94. The Morgan fingerprint density at radius 1 is 1.00 bits per heavy atom. The van der Waals surface area contributed by atoms with Crippen molar-refractivity contribution in [1.82, 2.24) is 9.21 Å². The van der Waals surface area contributed by atoms with Crippen LogP contribution in [0.2, 0.25) is 0 Å². The summed E-state index contributed by atoms with van der Waals surface area (Å²) < 4.78 is 35.0. The van der Waals surface area contributed by atoms with Crippen molar-refractivity contribution in [2.45, 2.75) is 39.4 Å². The molecule has 0 saturated carbocycles. The fourth-order valence-corrected chi connectivity index (χ4v) is 5.94. The molecular weight excluding hydrogens is 430 g/mol. The lowest BCUT2D eigenvalue weighted by molar-refractivity contribution is -0.135. The van der Waals surface area contributed by atoms with Crippen LogP contribution in [0.15, 0.2) is 54.6 Å². The minimum Gasteiger partial charge on any atom is -0.465 e. The number of hydrogen-bond acceptors (Lipinski definition) is 5. The van der Waals surface area contributed by atoms with Crippen molar-refractivity contribution in [3.63, 3.8) is 0 Å². The number of amides is 1. The average molecular weight is 460 g/mol. The summed E-state index contributed by atoms with van der Waals surface area (Å²) in [6.45, 7) is 5.76. The third-order valence-corrected chi connectivity index (χ3v) is 7.45. The van der Waals surface area contributed by atoms with Crippen LogP contribution in [0.25, 0.3) is 0 Å². The van der Waals surface area contributed by atoms with Gasteiger partial charge in [0.05, 0.1) is 24.9 Å². The third-order valence-electron chi connectivity index (χ3n) is 5.60. The number of esters is 1. The molecule has 1 fully saturated rings. The first kappa shape index (κ1) is 23.7. The van der Waals surface area contributed by atoms with E-state index in [-0.39, 0.29) is 37.6 Å². The van der Waals surface area contributed by atoms with Crippen molar-refractivity contribution in [1.29, 1.82) is 0 Å². The van der Waals surface area contributed by atoms with Gasteiger partial charge in [0, 0.05) is 32.1 Å². The molecular formula is C23H29N3O5S. The summed E-state index contributed by atoms with van der Waals surface area (Å²) in [6, 6.07) is 15.1. The molecule has 2 atom stereocenters. The zero-order valence-electron chi connectivity index (χ0n) is 18.8. The van der Waals surface area contributed by atoms with E-state index in [4.69, 9.17) is 4.74 Å². The Morgan fingerprint density at radius 3 is 2.06 bits per heavy atom. The summed E-state index contributed by atoms with van der Waals surface area (Å²) in [5.41, 5.74) is 1.67. The zero-order chi connectivity index (χ0) is 23.5. The highest BCUT2D eigenvalue weighted by molar-refractivity contribution is 7.90. The van der Waals surface area contributed by atoms with E-state index >= 15 is 0 Å². The molecule has 2 aromatic carbocycles. The van der Waals surface area contributed by atoms with E-state index < -0.39 is 16.2 Å². The number of para-hydroxylation sites is 1. The summed E-state index contributed by atoms with van der Waals surface area (Å²) in [5.74, 6) is -0.511. The van der Waals surface area contributed by atoms with Crippen LogP contribution in [0.3, 0.4) is 0 Å². The van der Waals surface area contributed by atoms with E-state index in [0.717, 1.165) is 5.56 Å². The molecule has 0 aromatic heterocycles. The maximum atomic E-state index is 13.8. The Hall–Kier alpha value is -2.91. The predicted octanol–water partition coefficient (Wildman–Crippen LogP) is 2.67. The monoisotopic (exact) mass is 459 g/mol. The van der Waals surface area contributed by atoms with Gasteiger partial charge in [-0.1, -0.05) is 30.3 Å². The molecule has 1 saturated heterocycles. The van der Waals surface area contributed by atoms with Crippen LogP contribution in [0.4, 0.5) is 5.69 Å². The molecule has 0 radical (unpaired) electrons. The van der Waals surface area contributed by atoms with Crippen molar-refractivity contribution in [3.05, 3.63) is 65.7 Å². The van der Waals surface area contributed by atoms with Crippen LogP contribution in [-0.4, -0.2) is 61.8 Å². The molecule has 0 spiro atoms. The van der Waals surface area contributed by atoms with Crippen LogP contribution in [0.5, 0.6) is 0 Å². The molecule has 3 rings (SSSR count). The lowest BCUT2D eigenvalue weighted by Crippen LogP contribution is -2.61. The number of rotatable bonds is 6. The first-order chi connectivity index (χ1) is 15.1. The van der Waals surface area contributed by atoms with Crippen LogP contribution in [0, 0.1) is 0 Å². The van der Waals surface area contributed by atoms with Crippen molar-refractivity contribution in [2.24, 2.45) is 0 Å². The Bertz CT molecular complexity index is 1040. The zero-order valence-corrected chi connectivity index (χ0v) is 19.6. The number of nitrogens with zero attached hydrogens (tertiary/aromatic N) is 3. The SMILES string of the molecule is COC(=O)c1ccc(CN(c2ccccc2)S(=O)(=O)N2C[C@@H](C)N(C(C)=O)[C@@H](C)C2)cc1. The Kier molecular flexibility index (Phi) is 7.20. The largest absolute Gasteiger partial charge is 0.465 e. The molecule has 0 N–H and O–H groups in total. The number of methoxy groups -OCH3 is 1. The maximum absolute atomic E-state index is 13.8. The number of carbonyl (C=O) groups excluding carboxylic acids is 2. The van der Waals surface area contributed by atoms with Crippen molar-refractivity contribution >= 4 is 27.8 Å². The molecule has 2 aromatic rings. The van der Waals surface area contributed by atoms with Gasteiger partial charge in [-0.15, -0.1) is 0 Å². The van der Waals surface area contributed by atoms with Gasteiger partial charge in [0.25, 0.3) is 0 Å². The number of piperazine rings is 1. The molecule has 8 nitrogen and oxygen atoms in total. The van der Waals surface area contributed by atoms with Crippen molar-refractivity contribution in [3.8, 4) is 0 Å². The van der Waals surface area contributed by atoms with Crippen LogP contribution < -0.4 is 4.31 Å². The molecule has 0 bridgehead atoms. The standard InChI is InChI=1S/C23H29N3O5S/c1-17-14-24(15-18(2)26(17)19(3)27)32(29,30)25(22-8-6-5-7-9-22)16-20-10-12-21(13-11-20)23(28)31-4/h5-13,17-18H,14-16H2,1-4H3/t17-,18+. The van der Waals surface area contributed by atoms with E-state index in [9.17, 15) is 18.0 Å². The summed E-state index contributed by atoms with van der Waals surface area (Å²) >= 11 is 0. The summed E-state index contributed by atoms with van der Waals surface area (Å²) in [7, 11) is -2.57. The number of anilines is 1. The Labute approximate surface area is 189 Å². The van der Waals surface area contributed by atoms with Crippen molar-refractivity contribution < 1.29 is 22.7 Å². The molecule has 1 heterocycles. The quantitative estimate of drug-likeness (QED) is 0.620. The lowest BCUT2D eigenvalue weighted by atomic mass is 10.1. The average Bonchev–Trinajstić information content (AvgIpc) is 2.77. The van der Waals surface area contributed by atoms with Gasteiger partial charge in [-0.05, 0) is 43.7 Å². The summed E-state index contributed by atoms with van der Waals surface area (Å²) in [5, 5.41) is 0. The van der Waals surface area contributed by atoms with Crippen molar-refractivity contribution in [2.75, 3.05) is 24.5 Å². The molecule has 172 valence electrons. The van der Waals surface area contributed by atoms with E-state index in [0.29, 0.717) is 11.3 Å². The fraction of sp³-hybridized carbons (Fsp3) is 0.391. The van der Waals surface area contributed by atoms with Gasteiger partial charge in [0.2, 0.25) is 5.91 Å². The molecule has 9 heteroatoms. The van der Waals surface area contributed by atoms with Gasteiger partial charge in [0.1, 0.15) is 0 Å². The van der Waals surface area contributed by atoms with Crippen LogP contribution in [0.1, 0.15) is 36.7 Å². The highest BCUT2D eigenvalue weighted by atomic mass is 32.2. The number of benzene rings is 2. The smallest absolute Gasteiger partial charge is 0.337 e. The van der Waals surface area contributed by atoms with Gasteiger partial charge in [-0.3, -0.25) is 9.10 Å². The highest BCUT2D eigenvalue weighted by Crippen LogP contribution is 2.27. The second-order valence-electron chi connectivity index (χ2n) is 7.98. The van der Waals surface area contributed by atoms with Gasteiger partial charge < -0.3 is 9.64 Å². The minimum atomic E-state index is -3.88. The predicted molar refractivity (Wildman–Crippen MR) is 122 cm³/mol. The first-order valence-corrected chi connectivity index (χ1v) is 11.8. The van der Waals surface area contributed by atoms with E-state index in [1.165, 1.54) is 22.6 Å². The highest BCUT2D eigenvalue weighted by Gasteiger charge is 2.39. The van der Waals surface area contributed by atoms with Gasteiger partial charge in [0.15, 0.2) is 0 Å². The van der Waals surface area contributed by atoms with Crippen LogP contribution >= 0.6 is 0 Å². The second-order valence-corrected chi connectivity index (χ2v) is 9.83. The number of ether oxygens (including phenoxy) is 1. The van der Waals surface area contributed by atoms with E-state index in [1.54, 1.807) is 53.4 Å². The topological polar surface area (TPSA) is 87.2 Å². The normalized spacial score (nSPS) is 19.4. The molecule has 0 unspecified atom stereocenters. The summed E-state index contributed by atoms with van der Waals surface area (Å²) in [6.07, 6.45) is 0. The van der Waals surface area contributed by atoms with E-state index in [1.807, 2.05) is 19.9 Å². The van der Waals surface area contributed by atoms with Gasteiger partial charge in [-0.2, -0.15) is 12.7 Å². The number of hydrogen-bond donors (Lipinski definition) is 0. The fourth-order valence-electron chi connectivity index (χ4n) is 4.15. The Morgan fingerprint density at radius 2 is 1.56 bits per heavy atom. The second kappa shape index (κ2) is 9.70. The molecule has 1 aliphatic heterocycles. The molecule has 0 aliphatic carbocycles. The Balaban J connectivity index is 1.92.